The minimum atomic E-state index is -0.397. The summed E-state index contributed by atoms with van der Waals surface area (Å²) < 4.78 is 17.1. The van der Waals surface area contributed by atoms with Crippen LogP contribution in [-0.2, 0) is 6.54 Å². The van der Waals surface area contributed by atoms with Crippen molar-refractivity contribution in [1.29, 1.82) is 0 Å². The summed E-state index contributed by atoms with van der Waals surface area (Å²) in [5, 5.41) is 4.24. The fraction of sp³-hybridized carbons (Fsp3) is 0.353. The van der Waals surface area contributed by atoms with Crippen molar-refractivity contribution < 1.29 is 4.39 Å². The highest BCUT2D eigenvalue weighted by molar-refractivity contribution is 5.39. The summed E-state index contributed by atoms with van der Waals surface area (Å²) in [5.41, 5.74) is -0.0712. The molecule has 1 aromatic carbocycles. The van der Waals surface area contributed by atoms with Crippen LogP contribution in [0.25, 0.3) is 11.3 Å². The minimum Gasteiger partial charge on any atom is -0.280 e. The Kier molecular flexibility index (Phi) is 3.55. The molecular weight excluding hydrogens is 311 g/mol. The van der Waals surface area contributed by atoms with Gasteiger partial charge in [-0.3, -0.25) is 9.36 Å². The molecule has 0 atom stereocenters. The fourth-order valence-electron chi connectivity index (χ4n) is 3.37. The standard InChI is InChI=1S/C17H17FN4O2/c18-13-5-7-14(8-6-13)20-9-10-21-15(16(20)23)19-22(17(21)24)11-12-3-1-2-4-12/h5-10,12H,1-4,11H2. The van der Waals surface area contributed by atoms with Crippen molar-refractivity contribution in [2.45, 2.75) is 32.2 Å². The summed E-state index contributed by atoms with van der Waals surface area (Å²) in [4.78, 5) is 25.1. The Labute approximate surface area is 136 Å². The van der Waals surface area contributed by atoms with Gasteiger partial charge in [-0.25, -0.2) is 18.3 Å². The van der Waals surface area contributed by atoms with Gasteiger partial charge in [0.15, 0.2) is 0 Å². The molecule has 0 aliphatic heterocycles. The summed E-state index contributed by atoms with van der Waals surface area (Å²) in [7, 11) is 0. The largest absolute Gasteiger partial charge is 0.350 e. The molecular formula is C17H17FN4O2. The van der Waals surface area contributed by atoms with E-state index >= 15 is 0 Å². The van der Waals surface area contributed by atoms with E-state index in [-0.39, 0.29) is 17.2 Å². The molecule has 0 N–H and O–H groups in total. The zero-order valence-corrected chi connectivity index (χ0v) is 13.1. The van der Waals surface area contributed by atoms with Crippen molar-refractivity contribution in [3.05, 3.63) is 63.3 Å². The molecule has 3 aromatic rings. The fourth-order valence-corrected chi connectivity index (χ4v) is 3.37. The third kappa shape index (κ3) is 2.46. The number of halogens is 1. The molecule has 1 aliphatic carbocycles. The van der Waals surface area contributed by atoms with Crippen LogP contribution in [0.15, 0.2) is 46.2 Å². The zero-order chi connectivity index (χ0) is 16.7. The van der Waals surface area contributed by atoms with Gasteiger partial charge in [0.1, 0.15) is 5.82 Å². The maximum Gasteiger partial charge on any atom is 0.350 e. The highest BCUT2D eigenvalue weighted by atomic mass is 19.1. The summed E-state index contributed by atoms with van der Waals surface area (Å²) in [5.74, 6) is 0.0804. The molecule has 7 heteroatoms. The predicted molar refractivity (Wildman–Crippen MR) is 87.0 cm³/mol. The highest BCUT2D eigenvalue weighted by Crippen LogP contribution is 2.25. The number of aromatic nitrogens is 4. The van der Waals surface area contributed by atoms with Gasteiger partial charge in [-0.15, -0.1) is 5.10 Å². The molecule has 0 amide bonds. The van der Waals surface area contributed by atoms with E-state index in [0.717, 1.165) is 12.8 Å². The molecule has 2 aromatic heterocycles. The molecule has 0 bridgehead atoms. The van der Waals surface area contributed by atoms with Crippen LogP contribution in [0.3, 0.4) is 0 Å². The number of hydrogen-bond donors (Lipinski definition) is 0. The molecule has 2 heterocycles. The molecule has 4 rings (SSSR count). The lowest BCUT2D eigenvalue weighted by Crippen LogP contribution is -2.25. The Balaban J connectivity index is 1.79. The van der Waals surface area contributed by atoms with Crippen LogP contribution in [0.1, 0.15) is 25.7 Å². The van der Waals surface area contributed by atoms with Crippen molar-refractivity contribution in [2.24, 2.45) is 5.92 Å². The van der Waals surface area contributed by atoms with Crippen molar-refractivity contribution in [3.8, 4) is 5.69 Å². The second-order valence-electron chi connectivity index (χ2n) is 6.26. The molecule has 6 nitrogen and oxygen atoms in total. The van der Waals surface area contributed by atoms with Crippen molar-refractivity contribution in [3.63, 3.8) is 0 Å². The van der Waals surface area contributed by atoms with Gasteiger partial charge in [-0.2, -0.15) is 0 Å². The first kappa shape index (κ1) is 14.9. The van der Waals surface area contributed by atoms with E-state index in [1.54, 1.807) is 0 Å². The highest BCUT2D eigenvalue weighted by Gasteiger charge is 2.19. The van der Waals surface area contributed by atoms with Gasteiger partial charge in [-0.05, 0) is 43.0 Å². The van der Waals surface area contributed by atoms with Gasteiger partial charge in [0.2, 0.25) is 5.65 Å². The Morgan fingerprint density at radius 3 is 2.50 bits per heavy atom. The monoisotopic (exact) mass is 328 g/mol. The number of nitrogens with zero attached hydrogens (tertiary/aromatic N) is 4. The number of rotatable bonds is 3. The van der Waals surface area contributed by atoms with Gasteiger partial charge in [-0.1, -0.05) is 12.8 Å². The quantitative estimate of drug-likeness (QED) is 0.738. The maximum atomic E-state index is 13.1. The van der Waals surface area contributed by atoms with Crippen LogP contribution in [0.2, 0.25) is 0 Å². The average Bonchev–Trinajstić information content (AvgIpc) is 3.19. The molecule has 1 aliphatic rings. The first-order valence-corrected chi connectivity index (χ1v) is 8.10. The van der Waals surface area contributed by atoms with Crippen LogP contribution in [0, 0.1) is 11.7 Å². The summed E-state index contributed by atoms with van der Waals surface area (Å²) in [6.45, 7) is 0.552. The number of benzene rings is 1. The van der Waals surface area contributed by atoms with Crippen molar-refractivity contribution in [1.82, 2.24) is 18.7 Å². The molecule has 124 valence electrons. The van der Waals surface area contributed by atoms with Gasteiger partial charge in [0.05, 0.1) is 0 Å². The zero-order valence-electron chi connectivity index (χ0n) is 13.1. The maximum absolute atomic E-state index is 13.1. The first-order valence-electron chi connectivity index (χ1n) is 8.10. The van der Waals surface area contributed by atoms with Crippen LogP contribution >= 0.6 is 0 Å². The Bertz CT molecular complexity index is 994. The lowest BCUT2D eigenvalue weighted by Gasteiger charge is -2.06. The van der Waals surface area contributed by atoms with Crippen LogP contribution in [0.5, 0.6) is 0 Å². The summed E-state index contributed by atoms with van der Waals surface area (Å²) >= 11 is 0. The lowest BCUT2D eigenvalue weighted by molar-refractivity contribution is 0.420. The normalized spacial score (nSPS) is 15.4. The smallest absolute Gasteiger partial charge is 0.280 e. The second kappa shape index (κ2) is 5.74. The number of fused-ring (bicyclic) bond motifs is 1. The molecule has 0 unspecified atom stereocenters. The third-order valence-electron chi connectivity index (χ3n) is 4.66. The van der Waals surface area contributed by atoms with E-state index in [4.69, 9.17) is 0 Å². The van der Waals surface area contributed by atoms with E-state index in [1.165, 1.54) is 63.2 Å². The summed E-state index contributed by atoms with van der Waals surface area (Å²) in [6.07, 6.45) is 7.60. The SMILES string of the molecule is O=c1c2nn(CC3CCCC3)c(=O)n2ccn1-c1ccc(F)cc1. The van der Waals surface area contributed by atoms with E-state index in [1.807, 2.05) is 0 Å². The third-order valence-corrected chi connectivity index (χ3v) is 4.66. The minimum absolute atomic E-state index is 0.0878. The first-order chi connectivity index (χ1) is 11.6. The van der Waals surface area contributed by atoms with E-state index in [2.05, 4.69) is 5.10 Å². The molecule has 1 fully saturated rings. The number of hydrogen-bond acceptors (Lipinski definition) is 3. The van der Waals surface area contributed by atoms with Gasteiger partial charge in [0.25, 0.3) is 0 Å². The van der Waals surface area contributed by atoms with Crippen molar-refractivity contribution >= 4 is 5.65 Å². The van der Waals surface area contributed by atoms with Crippen LogP contribution < -0.4 is 11.2 Å². The molecule has 0 radical (unpaired) electrons. The second-order valence-corrected chi connectivity index (χ2v) is 6.26. The van der Waals surface area contributed by atoms with Gasteiger partial charge in [0, 0.05) is 24.6 Å². The molecule has 1 saturated carbocycles. The summed E-state index contributed by atoms with van der Waals surface area (Å²) in [6, 6.07) is 5.61. The van der Waals surface area contributed by atoms with Crippen molar-refractivity contribution in [2.75, 3.05) is 0 Å². The predicted octanol–water partition coefficient (Wildman–Crippen LogP) is 1.98. The average molecular weight is 328 g/mol. The van der Waals surface area contributed by atoms with Gasteiger partial charge < -0.3 is 0 Å². The van der Waals surface area contributed by atoms with Gasteiger partial charge >= 0.3 is 11.2 Å². The lowest BCUT2D eigenvalue weighted by atomic mass is 10.1. The van der Waals surface area contributed by atoms with Crippen LogP contribution in [-0.4, -0.2) is 18.7 Å². The Morgan fingerprint density at radius 1 is 1.08 bits per heavy atom. The molecule has 0 spiro atoms. The van der Waals surface area contributed by atoms with E-state index in [0.29, 0.717) is 18.2 Å². The van der Waals surface area contributed by atoms with E-state index < -0.39 is 5.56 Å². The van der Waals surface area contributed by atoms with Crippen LogP contribution in [0.4, 0.5) is 4.39 Å². The van der Waals surface area contributed by atoms with E-state index in [9.17, 15) is 14.0 Å². The Morgan fingerprint density at radius 2 is 1.79 bits per heavy atom. The Hall–Kier alpha value is -2.70. The molecule has 24 heavy (non-hydrogen) atoms. The molecule has 0 saturated heterocycles. The topological polar surface area (TPSA) is 61.3 Å².